The summed E-state index contributed by atoms with van der Waals surface area (Å²) in [4.78, 5) is 23.8. The van der Waals surface area contributed by atoms with E-state index in [1.54, 1.807) is 55.6 Å². The number of hydrogen-bond acceptors (Lipinski definition) is 5. The topological polar surface area (TPSA) is 73.9 Å². The number of carbonyl (C=O) groups is 2. The molecule has 0 radical (unpaired) electrons. The molecule has 0 aliphatic rings. The summed E-state index contributed by atoms with van der Waals surface area (Å²) in [5.74, 6) is 0.146. The molecule has 25 heavy (non-hydrogen) atoms. The van der Waals surface area contributed by atoms with Crippen LogP contribution in [0.15, 0.2) is 53.0 Å². The Labute approximate surface area is 154 Å². The fourth-order valence-electron chi connectivity index (χ4n) is 1.88. The van der Waals surface area contributed by atoms with Crippen molar-refractivity contribution < 1.29 is 23.8 Å². The Hall–Kier alpha value is -2.54. The molecule has 0 aliphatic carbocycles. The quantitative estimate of drug-likeness (QED) is 0.711. The van der Waals surface area contributed by atoms with Crippen LogP contribution in [0.25, 0.3) is 0 Å². The summed E-state index contributed by atoms with van der Waals surface area (Å²) in [6.45, 7) is 1.21. The number of nitrogens with one attached hydrogen (secondary N) is 1. The van der Waals surface area contributed by atoms with Crippen LogP contribution in [0.1, 0.15) is 6.92 Å². The van der Waals surface area contributed by atoms with E-state index in [1.807, 2.05) is 0 Å². The Morgan fingerprint density at radius 1 is 1.04 bits per heavy atom. The first-order valence-electron chi connectivity index (χ1n) is 7.50. The van der Waals surface area contributed by atoms with E-state index in [0.717, 1.165) is 4.47 Å². The summed E-state index contributed by atoms with van der Waals surface area (Å²) in [6.07, 6.45) is -0.935. The molecular formula is C18H18BrNO5. The van der Waals surface area contributed by atoms with Gasteiger partial charge >= 0.3 is 5.97 Å². The van der Waals surface area contributed by atoms with Gasteiger partial charge in [-0.25, -0.2) is 4.79 Å². The van der Waals surface area contributed by atoms with Crippen LogP contribution in [-0.4, -0.2) is 31.7 Å². The normalized spacial score (nSPS) is 11.3. The van der Waals surface area contributed by atoms with Crippen LogP contribution in [0.3, 0.4) is 0 Å². The summed E-state index contributed by atoms with van der Waals surface area (Å²) in [5, 5.41) is 2.67. The number of ether oxygens (including phenoxy) is 3. The van der Waals surface area contributed by atoms with Crippen LogP contribution in [0.4, 0.5) is 5.69 Å². The molecule has 0 saturated carbocycles. The molecule has 0 bridgehead atoms. The summed E-state index contributed by atoms with van der Waals surface area (Å²) in [7, 11) is 1.56. The van der Waals surface area contributed by atoms with Gasteiger partial charge in [0.2, 0.25) is 0 Å². The molecule has 1 atom stereocenters. The molecular weight excluding hydrogens is 390 g/mol. The molecule has 132 valence electrons. The summed E-state index contributed by atoms with van der Waals surface area (Å²) >= 11 is 3.31. The van der Waals surface area contributed by atoms with Crippen LogP contribution < -0.4 is 14.8 Å². The van der Waals surface area contributed by atoms with E-state index in [0.29, 0.717) is 17.2 Å². The van der Waals surface area contributed by atoms with E-state index in [4.69, 9.17) is 14.2 Å². The predicted molar refractivity (Wildman–Crippen MR) is 96.8 cm³/mol. The number of amides is 1. The van der Waals surface area contributed by atoms with Gasteiger partial charge in [-0.3, -0.25) is 4.79 Å². The Morgan fingerprint density at radius 3 is 2.24 bits per heavy atom. The highest BCUT2D eigenvalue weighted by atomic mass is 79.9. The number of carbonyl (C=O) groups excluding carboxylic acids is 2. The minimum atomic E-state index is -0.935. The molecule has 0 spiro atoms. The fraction of sp³-hybridized carbons (Fsp3) is 0.222. The predicted octanol–water partition coefficient (Wildman–Crippen LogP) is 3.41. The van der Waals surface area contributed by atoms with Crippen LogP contribution in [0.5, 0.6) is 11.5 Å². The average Bonchev–Trinajstić information content (AvgIpc) is 2.62. The van der Waals surface area contributed by atoms with Crippen molar-refractivity contribution in [3.05, 3.63) is 53.0 Å². The zero-order valence-electron chi connectivity index (χ0n) is 13.8. The number of esters is 1. The highest BCUT2D eigenvalue weighted by molar-refractivity contribution is 9.10. The van der Waals surface area contributed by atoms with Gasteiger partial charge in [0.25, 0.3) is 5.91 Å². The first-order valence-corrected chi connectivity index (χ1v) is 8.30. The van der Waals surface area contributed by atoms with Gasteiger partial charge in [0.15, 0.2) is 12.7 Å². The third-order valence-corrected chi connectivity index (χ3v) is 3.73. The number of rotatable bonds is 7. The SMILES string of the molecule is COc1ccc(OCC(=O)O[C@@H](C)C(=O)Nc2ccc(Br)cc2)cc1. The number of anilines is 1. The third kappa shape index (κ3) is 6.11. The Morgan fingerprint density at radius 2 is 1.64 bits per heavy atom. The lowest BCUT2D eigenvalue weighted by Gasteiger charge is -2.14. The van der Waals surface area contributed by atoms with Crippen molar-refractivity contribution in [3.63, 3.8) is 0 Å². The van der Waals surface area contributed by atoms with Crippen LogP contribution in [0.2, 0.25) is 0 Å². The average molecular weight is 408 g/mol. The molecule has 2 rings (SSSR count). The van der Waals surface area contributed by atoms with E-state index >= 15 is 0 Å². The van der Waals surface area contributed by atoms with E-state index < -0.39 is 18.0 Å². The lowest BCUT2D eigenvalue weighted by molar-refractivity contribution is -0.155. The zero-order valence-corrected chi connectivity index (χ0v) is 15.4. The Kier molecular flexibility index (Phi) is 6.82. The summed E-state index contributed by atoms with van der Waals surface area (Å²) in [5.41, 5.74) is 0.616. The summed E-state index contributed by atoms with van der Waals surface area (Å²) < 4.78 is 16.3. The van der Waals surface area contributed by atoms with Gasteiger partial charge in [0.1, 0.15) is 11.5 Å². The molecule has 6 nitrogen and oxygen atoms in total. The second-order valence-electron chi connectivity index (χ2n) is 5.09. The minimum Gasteiger partial charge on any atom is -0.497 e. The molecule has 0 aliphatic heterocycles. The van der Waals surface area contributed by atoms with Crippen molar-refractivity contribution >= 4 is 33.5 Å². The number of halogens is 1. The second kappa shape index (κ2) is 9.08. The minimum absolute atomic E-state index is 0.289. The molecule has 2 aromatic rings. The van der Waals surface area contributed by atoms with Crippen molar-refractivity contribution in [1.82, 2.24) is 0 Å². The van der Waals surface area contributed by atoms with Gasteiger partial charge in [-0.1, -0.05) is 15.9 Å². The first kappa shape index (κ1) is 18.8. The highest BCUT2D eigenvalue weighted by Crippen LogP contribution is 2.17. The molecule has 1 amide bonds. The molecule has 0 heterocycles. The molecule has 0 aromatic heterocycles. The van der Waals surface area contributed by atoms with Gasteiger partial charge in [-0.15, -0.1) is 0 Å². The molecule has 7 heteroatoms. The maximum atomic E-state index is 12.0. The highest BCUT2D eigenvalue weighted by Gasteiger charge is 2.18. The Balaban J connectivity index is 1.78. The molecule has 1 N–H and O–H groups in total. The smallest absolute Gasteiger partial charge is 0.344 e. The molecule has 0 fully saturated rings. The third-order valence-electron chi connectivity index (χ3n) is 3.21. The van der Waals surface area contributed by atoms with Crippen LogP contribution in [0, 0.1) is 0 Å². The maximum absolute atomic E-state index is 12.0. The van der Waals surface area contributed by atoms with Crippen molar-refractivity contribution in [3.8, 4) is 11.5 Å². The fourth-order valence-corrected chi connectivity index (χ4v) is 2.14. The zero-order chi connectivity index (χ0) is 18.2. The van der Waals surface area contributed by atoms with E-state index in [2.05, 4.69) is 21.2 Å². The lowest BCUT2D eigenvalue weighted by atomic mass is 10.3. The lowest BCUT2D eigenvalue weighted by Crippen LogP contribution is -2.31. The molecule has 0 unspecified atom stereocenters. The van der Waals surface area contributed by atoms with Gasteiger partial charge in [-0.2, -0.15) is 0 Å². The van der Waals surface area contributed by atoms with Crippen molar-refractivity contribution in [2.75, 3.05) is 19.0 Å². The van der Waals surface area contributed by atoms with Gasteiger partial charge in [-0.05, 0) is 55.5 Å². The molecule has 2 aromatic carbocycles. The van der Waals surface area contributed by atoms with Crippen molar-refractivity contribution in [2.45, 2.75) is 13.0 Å². The van der Waals surface area contributed by atoms with Crippen molar-refractivity contribution in [2.24, 2.45) is 0 Å². The maximum Gasteiger partial charge on any atom is 0.344 e. The second-order valence-corrected chi connectivity index (χ2v) is 6.01. The number of methoxy groups -OCH3 is 1. The standard InChI is InChI=1S/C18H18BrNO5/c1-12(18(22)20-14-5-3-13(19)4-6-14)25-17(21)11-24-16-9-7-15(23-2)8-10-16/h3-10,12H,11H2,1-2H3,(H,20,22)/t12-/m0/s1. The van der Waals surface area contributed by atoms with E-state index in [1.165, 1.54) is 6.92 Å². The van der Waals surface area contributed by atoms with Gasteiger partial charge in [0, 0.05) is 10.2 Å². The van der Waals surface area contributed by atoms with Crippen LogP contribution >= 0.6 is 15.9 Å². The molecule has 0 saturated heterocycles. The largest absolute Gasteiger partial charge is 0.497 e. The first-order chi connectivity index (χ1) is 12.0. The van der Waals surface area contributed by atoms with E-state index in [9.17, 15) is 9.59 Å². The van der Waals surface area contributed by atoms with Crippen LogP contribution in [-0.2, 0) is 14.3 Å². The number of hydrogen-bond donors (Lipinski definition) is 1. The summed E-state index contributed by atoms with van der Waals surface area (Å²) in [6, 6.07) is 13.9. The number of benzene rings is 2. The van der Waals surface area contributed by atoms with E-state index in [-0.39, 0.29) is 6.61 Å². The van der Waals surface area contributed by atoms with Gasteiger partial charge < -0.3 is 19.5 Å². The Bertz CT molecular complexity index is 715. The monoisotopic (exact) mass is 407 g/mol. The van der Waals surface area contributed by atoms with Crippen molar-refractivity contribution in [1.29, 1.82) is 0 Å². The van der Waals surface area contributed by atoms with Gasteiger partial charge in [0.05, 0.1) is 7.11 Å².